The van der Waals surface area contributed by atoms with Gasteiger partial charge in [-0.25, -0.2) is 0 Å². The molecule has 1 unspecified atom stereocenters. The van der Waals surface area contributed by atoms with Gasteiger partial charge in [0.2, 0.25) is 0 Å². The van der Waals surface area contributed by atoms with Gasteiger partial charge in [0.15, 0.2) is 0 Å². The fourth-order valence-electron chi connectivity index (χ4n) is 1.89. The van der Waals surface area contributed by atoms with Crippen molar-refractivity contribution in [2.45, 2.75) is 45.1 Å². The van der Waals surface area contributed by atoms with Crippen molar-refractivity contribution < 1.29 is 0 Å². The number of nitrogens with one attached hydrogen (secondary N) is 1. The number of unbranched alkanes of at least 4 members (excludes halogenated alkanes) is 3. The van der Waals surface area contributed by atoms with Gasteiger partial charge in [0, 0.05) is 16.1 Å². The number of hydrogen-bond donors (Lipinski definition) is 2. The predicted octanol–water partition coefficient (Wildman–Crippen LogP) is 4.47. The largest absolute Gasteiger partial charge is 0.271 e. The van der Waals surface area contributed by atoms with Crippen molar-refractivity contribution >= 4 is 23.2 Å². The van der Waals surface area contributed by atoms with Crippen LogP contribution in [0.2, 0.25) is 10.0 Å². The Kier molecular flexibility index (Phi) is 6.90. The first kappa shape index (κ1) is 14.8. The van der Waals surface area contributed by atoms with Gasteiger partial charge in [0.25, 0.3) is 0 Å². The molecule has 0 bridgehead atoms. The third kappa shape index (κ3) is 4.84. The lowest BCUT2D eigenvalue weighted by atomic mass is 10.0. The summed E-state index contributed by atoms with van der Waals surface area (Å²) in [6.45, 7) is 2.20. The van der Waals surface area contributed by atoms with Crippen LogP contribution >= 0.6 is 23.2 Å². The van der Waals surface area contributed by atoms with E-state index in [4.69, 9.17) is 29.0 Å². The second-order valence-electron chi connectivity index (χ2n) is 4.23. The van der Waals surface area contributed by atoms with Crippen molar-refractivity contribution in [1.29, 1.82) is 0 Å². The van der Waals surface area contributed by atoms with Crippen LogP contribution in [0.4, 0.5) is 0 Å². The molecule has 0 heterocycles. The van der Waals surface area contributed by atoms with Crippen LogP contribution in [-0.2, 0) is 0 Å². The van der Waals surface area contributed by atoms with Crippen molar-refractivity contribution in [1.82, 2.24) is 5.43 Å². The van der Waals surface area contributed by atoms with Crippen molar-refractivity contribution in [3.05, 3.63) is 33.8 Å². The van der Waals surface area contributed by atoms with E-state index < -0.39 is 0 Å². The van der Waals surface area contributed by atoms with Crippen molar-refractivity contribution in [2.75, 3.05) is 0 Å². The molecule has 96 valence electrons. The highest BCUT2D eigenvalue weighted by Gasteiger charge is 2.12. The van der Waals surface area contributed by atoms with Crippen molar-refractivity contribution in [3.8, 4) is 0 Å². The molecular formula is C13H20Cl2N2. The molecule has 2 nitrogen and oxygen atoms in total. The smallest absolute Gasteiger partial charge is 0.0474 e. The first-order chi connectivity index (χ1) is 8.19. The Morgan fingerprint density at radius 1 is 1.24 bits per heavy atom. The topological polar surface area (TPSA) is 38.0 Å². The number of hydrazine groups is 1. The molecule has 0 aliphatic rings. The lowest BCUT2D eigenvalue weighted by molar-refractivity contribution is 0.482. The summed E-state index contributed by atoms with van der Waals surface area (Å²) in [4.78, 5) is 0. The highest BCUT2D eigenvalue weighted by atomic mass is 35.5. The Balaban J connectivity index is 2.59. The Bertz CT molecular complexity index is 342. The molecule has 0 spiro atoms. The minimum absolute atomic E-state index is 0.108. The summed E-state index contributed by atoms with van der Waals surface area (Å²) >= 11 is 12.0. The summed E-state index contributed by atoms with van der Waals surface area (Å²) in [5.41, 5.74) is 3.85. The van der Waals surface area contributed by atoms with Crippen molar-refractivity contribution in [2.24, 2.45) is 5.84 Å². The first-order valence-corrected chi connectivity index (χ1v) is 6.85. The van der Waals surface area contributed by atoms with E-state index in [0.29, 0.717) is 10.0 Å². The van der Waals surface area contributed by atoms with Gasteiger partial charge in [-0.1, -0.05) is 61.9 Å². The van der Waals surface area contributed by atoms with E-state index in [1.807, 2.05) is 12.1 Å². The van der Waals surface area contributed by atoms with E-state index in [2.05, 4.69) is 12.3 Å². The van der Waals surface area contributed by atoms with Gasteiger partial charge in [-0.15, -0.1) is 0 Å². The number of halogens is 2. The highest BCUT2D eigenvalue weighted by molar-refractivity contribution is 6.35. The minimum atomic E-state index is 0.108. The maximum atomic E-state index is 6.16. The number of hydrogen-bond acceptors (Lipinski definition) is 2. The molecule has 0 aliphatic heterocycles. The average Bonchev–Trinajstić information content (AvgIpc) is 2.31. The summed E-state index contributed by atoms with van der Waals surface area (Å²) < 4.78 is 0. The van der Waals surface area contributed by atoms with Crippen LogP contribution in [0.5, 0.6) is 0 Å². The van der Waals surface area contributed by atoms with Gasteiger partial charge in [0.05, 0.1) is 0 Å². The summed E-state index contributed by atoms with van der Waals surface area (Å²) in [5, 5.41) is 1.33. The van der Waals surface area contributed by atoms with Crippen LogP contribution in [0.25, 0.3) is 0 Å². The summed E-state index contributed by atoms with van der Waals surface area (Å²) in [6.07, 6.45) is 5.90. The molecule has 0 fully saturated rings. The average molecular weight is 275 g/mol. The Hall–Kier alpha value is -0.280. The minimum Gasteiger partial charge on any atom is -0.271 e. The van der Waals surface area contributed by atoms with Gasteiger partial charge in [-0.2, -0.15) is 0 Å². The van der Waals surface area contributed by atoms with Crippen LogP contribution in [0.3, 0.4) is 0 Å². The summed E-state index contributed by atoms with van der Waals surface area (Å²) in [7, 11) is 0. The molecule has 0 saturated heterocycles. The van der Waals surface area contributed by atoms with E-state index in [-0.39, 0.29) is 6.04 Å². The Labute approximate surface area is 113 Å². The van der Waals surface area contributed by atoms with Crippen LogP contribution in [0, 0.1) is 0 Å². The normalized spacial score (nSPS) is 12.7. The second-order valence-corrected chi connectivity index (χ2v) is 5.08. The van der Waals surface area contributed by atoms with Crippen LogP contribution in [-0.4, -0.2) is 0 Å². The maximum Gasteiger partial charge on any atom is 0.0474 e. The lowest BCUT2D eigenvalue weighted by Crippen LogP contribution is -2.28. The third-order valence-corrected chi connectivity index (χ3v) is 3.45. The SMILES string of the molecule is CCCCCCC(NN)c1ccc(Cl)cc1Cl. The molecule has 17 heavy (non-hydrogen) atoms. The van der Waals surface area contributed by atoms with E-state index in [9.17, 15) is 0 Å². The number of benzene rings is 1. The van der Waals surface area contributed by atoms with Crippen molar-refractivity contribution in [3.63, 3.8) is 0 Å². The van der Waals surface area contributed by atoms with Gasteiger partial charge in [0.1, 0.15) is 0 Å². The molecule has 0 radical (unpaired) electrons. The zero-order chi connectivity index (χ0) is 12.7. The predicted molar refractivity (Wildman–Crippen MR) is 75.3 cm³/mol. The molecule has 1 aromatic carbocycles. The standard InChI is InChI=1S/C13H20Cl2N2/c1-2-3-4-5-6-13(17-16)11-8-7-10(14)9-12(11)15/h7-9,13,17H,2-6,16H2,1H3. The quantitative estimate of drug-likeness (QED) is 0.438. The lowest BCUT2D eigenvalue weighted by Gasteiger charge is -2.17. The Morgan fingerprint density at radius 2 is 2.00 bits per heavy atom. The van der Waals surface area contributed by atoms with Gasteiger partial charge in [-0.3, -0.25) is 11.3 Å². The molecular weight excluding hydrogens is 255 g/mol. The summed E-state index contributed by atoms with van der Waals surface area (Å²) in [6, 6.07) is 5.65. The van der Waals surface area contributed by atoms with Crippen LogP contribution in [0.15, 0.2) is 18.2 Å². The fraction of sp³-hybridized carbons (Fsp3) is 0.538. The van der Waals surface area contributed by atoms with Crippen LogP contribution < -0.4 is 11.3 Å². The molecule has 1 atom stereocenters. The second kappa shape index (κ2) is 7.93. The van der Waals surface area contributed by atoms with E-state index in [0.717, 1.165) is 18.4 Å². The maximum absolute atomic E-state index is 6.16. The molecule has 0 aromatic heterocycles. The third-order valence-electron chi connectivity index (χ3n) is 2.89. The molecule has 0 amide bonds. The molecule has 4 heteroatoms. The fourth-order valence-corrected chi connectivity index (χ4v) is 2.43. The molecule has 3 N–H and O–H groups in total. The van der Waals surface area contributed by atoms with Crippen LogP contribution in [0.1, 0.15) is 50.6 Å². The first-order valence-electron chi connectivity index (χ1n) is 6.10. The van der Waals surface area contributed by atoms with E-state index in [1.165, 1.54) is 19.3 Å². The summed E-state index contributed by atoms with van der Waals surface area (Å²) in [5.74, 6) is 5.58. The van der Waals surface area contributed by atoms with E-state index in [1.54, 1.807) is 6.07 Å². The number of nitrogens with two attached hydrogens (primary N) is 1. The molecule has 1 aromatic rings. The zero-order valence-electron chi connectivity index (χ0n) is 10.2. The Morgan fingerprint density at radius 3 is 2.59 bits per heavy atom. The molecule has 0 aliphatic carbocycles. The zero-order valence-corrected chi connectivity index (χ0v) is 11.7. The molecule has 0 saturated carbocycles. The monoisotopic (exact) mass is 274 g/mol. The van der Waals surface area contributed by atoms with E-state index >= 15 is 0 Å². The number of rotatable bonds is 7. The highest BCUT2D eigenvalue weighted by Crippen LogP contribution is 2.28. The van der Waals surface area contributed by atoms with Gasteiger partial charge in [-0.05, 0) is 24.1 Å². The van der Waals surface area contributed by atoms with Gasteiger partial charge < -0.3 is 0 Å². The molecule has 1 rings (SSSR count). The van der Waals surface area contributed by atoms with Gasteiger partial charge >= 0.3 is 0 Å².